The van der Waals surface area contributed by atoms with Crippen molar-refractivity contribution in [2.45, 2.75) is 0 Å². The van der Waals surface area contributed by atoms with E-state index in [0.29, 0.717) is 0 Å². The maximum Gasteiger partial charge on any atom is 1.00 e. The Morgan fingerprint density at radius 1 is 1.23 bits per heavy atom. The molecule has 0 bridgehead atoms. The van der Waals surface area contributed by atoms with Gasteiger partial charge in [-0.25, -0.2) is 0 Å². The monoisotopic (exact) mass is 204 g/mol. The first-order valence-electron chi connectivity index (χ1n) is 3.23. The molecule has 2 N–H and O–H groups in total. The average Bonchev–Trinajstić information content (AvgIpc) is 2.03. The number of carboxylic acid groups (broad SMARTS) is 1. The predicted octanol–water partition coefficient (Wildman–Crippen LogP) is -3.37. The SMILES string of the molecule is O.O=C([O-])C=Cc1ccccc1.[K+]. The molecule has 0 heterocycles. The number of aliphatic carboxylic acids is 1. The van der Waals surface area contributed by atoms with Gasteiger partial charge in [-0.1, -0.05) is 36.4 Å². The van der Waals surface area contributed by atoms with Crippen LogP contribution < -0.4 is 56.5 Å². The number of hydrogen-bond acceptors (Lipinski definition) is 2. The van der Waals surface area contributed by atoms with Gasteiger partial charge in [0.1, 0.15) is 0 Å². The molecule has 0 amide bonds. The number of rotatable bonds is 2. The van der Waals surface area contributed by atoms with Crippen molar-refractivity contribution in [2.24, 2.45) is 0 Å². The molecule has 0 saturated carbocycles. The fourth-order valence-electron chi connectivity index (χ4n) is 0.728. The van der Waals surface area contributed by atoms with Crippen LogP contribution in [0, 0.1) is 0 Å². The second kappa shape index (κ2) is 8.62. The Labute approximate surface area is 119 Å². The molecule has 4 heteroatoms. The molecule has 13 heavy (non-hydrogen) atoms. The van der Waals surface area contributed by atoms with Crippen molar-refractivity contribution in [2.75, 3.05) is 0 Å². The summed E-state index contributed by atoms with van der Waals surface area (Å²) in [6.45, 7) is 0. The van der Waals surface area contributed by atoms with E-state index in [1.807, 2.05) is 30.3 Å². The zero-order chi connectivity index (χ0) is 8.10. The van der Waals surface area contributed by atoms with E-state index in [2.05, 4.69) is 0 Å². The zero-order valence-corrected chi connectivity index (χ0v) is 10.5. The van der Waals surface area contributed by atoms with E-state index in [-0.39, 0.29) is 56.9 Å². The number of hydrogen-bond donors (Lipinski definition) is 0. The van der Waals surface area contributed by atoms with Crippen molar-refractivity contribution in [3.8, 4) is 0 Å². The fourth-order valence-corrected chi connectivity index (χ4v) is 0.728. The van der Waals surface area contributed by atoms with Gasteiger partial charge in [-0.3, -0.25) is 0 Å². The number of carbonyl (C=O) groups excluding carboxylic acids is 1. The molecular formula is C9H9KO3. The summed E-state index contributed by atoms with van der Waals surface area (Å²) in [7, 11) is 0. The number of carboxylic acids is 1. The minimum Gasteiger partial charge on any atom is -0.545 e. The van der Waals surface area contributed by atoms with Crippen LogP contribution in [0.4, 0.5) is 0 Å². The summed E-state index contributed by atoms with van der Waals surface area (Å²) in [5, 5.41) is 9.97. The topological polar surface area (TPSA) is 71.6 Å². The van der Waals surface area contributed by atoms with Crippen LogP contribution >= 0.6 is 0 Å². The van der Waals surface area contributed by atoms with E-state index in [4.69, 9.17) is 0 Å². The average molecular weight is 204 g/mol. The standard InChI is InChI=1S/C9H8O2.K.H2O/c10-9(11)7-6-8-4-2-1-3-5-8;;/h1-7H,(H,10,11);;1H2/q;+1;/p-1. The normalized spacial score (nSPS) is 8.62. The van der Waals surface area contributed by atoms with Gasteiger partial charge < -0.3 is 15.4 Å². The molecule has 0 atom stereocenters. The third kappa shape index (κ3) is 7.12. The Kier molecular flexibility index (Phi) is 10.3. The summed E-state index contributed by atoms with van der Waals surface area (Å²) in [6, 6.07) is 9.19. The molecule has 0 fully saturated rings. The van der Waals surface area contributed by atoms with Crippen LogP contribution in [0.3, 0.4) is 0 Å². The van der Waals surface area contributed by atoms with Crippen LogP contribution in [0.2, 0.25) is 0 Å². The Bertz CT molecular complexity index is 269. The third-order valence-electron chi connectivity index (χ3n) is 1.21. The van der Waals surface area contributed by atoms with Crippen LogP contribution in [0.25, 0.3) is 6.08 Å². The molecule has 0 aliphatic heterocycles. The maximum atomic E-state index is 9.97. The van der Waals surface area contributed by atoms with Crippen LogP contribution in [0.15, 0.2) is 36.4 Å². The molecule has 1 aromatic rings. The first-order chi connectivity index (χ1) is 5.29. The van der Waals surface area contributed by atoms with Gasteiger partial charge in [-0.15, -0.1) is 0 Å². The summed E-state index contributed by atoms with van der Waals surface area (Å²) in [6.07, 6.45) is 2.50. The van der Waals surface area contributed by atoms with Crippen LogP contribution in [0.1, 0.15) is 5.56 Å². The van der Waals surface area contributed by atoms with Crippen molar-refractivity contribution in [1.29, 1.82) is 0 Å². The minimum atomic E-state index is -1.17. The molecule has 0 aliphatic rings. The van der Waals surface area contributed by atoms with Gasteiger partial charge in [-0.05, 0) is 11.6 Å². The molecule has 0 unspecified atom stereocenters. The third-order valence-corrected chi connectivity index (χ3v) is 1.21. The second-order valence-corrected chi connectivity index (χ2v) is 2.06. The van der Waals surface area contributed by atoms with Gasteiger partial charge in [0.05, 0.1) is 5.97 Å². The van der Waals surface area contributed by atoms with E-state index in [1.54, 1.807) is 0 Å². The molecule has 0 radical (unpaired) electrons. The molecule has 0 aromatic heterocycles. The van der Waals surface area contributed by atoms with Gasteiger partial charge in [0.25, 0.3) is 0 Å². The van der Waals surface area contributed by atoms with Gasteiger partial charge in [0.15, 0.2) is 0 Å². The van der Waals surface area contributed by atoms with Crippen molar-refractivity contribution in [3.05, 3.63) is 42.0 Å². The van der Waals surface area contributed by atoms with Crippen molar-refractivity contribution in [3.63, 3.8) is 0 Å². The summed E-state index contributed by atoms with van der Waals surface area (Å²) >= 11 is 0. The molecule has 0 saturated heterocycles. The Hall–Kier alpha value is 0.0264. The molecule has 0 aliphatic carbocycles. The quantitative estimate of drug-likeness (QED) is 0.372. The summed E-state index contributed by atoms with van der Waals surface area (Å²) in [4.78, 5) is 9.97. The second-order valence-electron chi connectivity index (χ2n) is 2.06. The Morgan fingerprint density at radius 2 is 1.77 bits per heavy atom. The van der Waals surface area contributed by atoms with E-state index < -0.39 is 5.97 Å². The smallest absolute Gasteiger partial charge is 0.545 e. The maximum absolute atomic E-state index is 9.97. The van der Waals surface area contributed by atoms with E-state index in [0.717, 1.165) is 11.6 Å². The van der Waals surface area contributed by atoms with Crippen molar-refractivity contribution in [1.82, 2.24) is 0 Å². The summed E-state index contributed by atoms with van der Waals surface area (Å²) in [5.41, 5.74) is 0.858. The van der Waals surface area contributed by atoms with Crippen molar-refractivity contribution >= 4 is 12.0 Å². The molecule has 1 rings (SSSR count). The fraction of sp³-hybridized carbons (Fsp3) is 0. The van der Waals surface area contributed by atoms with E-state index in [9.17, 15) is 9.90 Å². The molecule has 0 spiro atoms. The molecular weight excluding hydrogens is 195 g/mol. The van der Waals surface area contributed by atoms with Crippen LogP contribution in [0.5, 0.6) is 0 Å². The number of benzene rings is 1. The van der Waals surface area contributed by atoms with Gasteiger partial charge in [0.2, 0.25) is 0 Å². The molecule has 3 nitrogen and oxygen atoms in total. The number of carbonyl (C=O) groups is 1. The zero-order valence-electron chi connectivity index (χ0n) is 7.36. The molecule has 1 aromatic carbocycles. The largest absolute Gasteiger partial charge is 1.00 e. The van der Waals surface area contributed by atoms with Crippen molar-refractivity contribution < 1.29 is 66.8 Å². The first kappa shape index (κ1) is 15.5. The van der Waals surface area contributed by atoms with Crippen LogP contribution in [-0.2, 0) is 4.79 Å². The van der Waals surface area contributed by atoms with Crippen LogP contribution in [-0.4, -0.2) is 11.4 Å². The van der Waals surface area contributed by atoms with E-state index >= 15 is 0 Å². The van der Waals surface area contributed by atoms with E-state index in [1.165, 1.54) is 6.08 Å². The predicted molar refractivity (Wildman–Crippen MR) is 44.1 cm³/mol. The van der Waals surface area contributed by atoms with Gasteiger partial charge in [0, 0.05) is 0 Å². The van der Waals surface area contributed by atoms with Gasteiger partial charge in [-0.2, -0.15) is 0 Å². The van der Waals surface area contributed by atoms with Gasteiger partial charge >= 0.3 is 51.4 Å². The Morgan fingerprint density at radius 3 is 2.23 bits per heavy atom. The summed E-state index contributed by atoms with van der Waals surface area (Å²) < 4.78 is 0. The Balaban J connectivity index is 0. The molecule has 64 valence electrons. The summed E-state index contributed by atoms with van der Waals surface area (Å²) in [5.74, 6) is -1.17. The minimum absolute atomic E-state index is 0. The first-order valence-corrected chi connectivity index (χ1v) is 3.23.